The average Bonchev–Trinajstić information content (AvgIpc) is 3.15. The standard InChI is InChI=1S/C20H25NO3S/c22-20(23)18(19-8-5-13-25-19)15-16-6-4-7-17(14-16)24-12-11-21-9-2-1-3-10-21/h4-8,13-14,18H,1-3,9-12,15H2,(H,22,23). The summed E-state index contributed by atoms with van der Waals surface area (Å²) in [6, 6.07) is 11.6. The number of thiophene rings is 1. The Bertz CT molecular complexity index is 665. The van der Waals surface area contributed by atoms with Crippen LogP contribution in [-0.2, 0) is 11.2 Å². The molecule has 2 aromatic rings. The van der Waals surface area contributed by atoms with Gasteiger partial charge in [0.2, 0.25) is 0 Å². The molecule has 1 aromatic carbocycles. The summed E-state index contributed by atoms with van der Waals surface area (Å²) in [6.45, 7) is 3.98. The van der Waals surface area contributed by atoms with Crippen LogP contribution in [0.25, 0.3) is 0 Å². The number of aliphatic carboxylic acids is 1. The van der Waals surface area contributed by atoms with Crippen molar-refractivity contribution in [2.75, 3.05) is 26.2 Å². The molecular formula is C20H25NO3S. The first-order valence-corrected chi connectivity index (χ1v) is 9.80. The van der Waals surface area contributed by atoms with Crippen LogP contribution >= 0.6 is 11.3 Å². The highest BCUT2D eigenvalue weighted by Crippen LogP contribution is 2.27. The van der Waals surface area contributed by atoms with Gasteiger partial charge in [-0.25, -0.2) is 0 Å². The first-order chi connectivity index (χ1) is 12.2. The molecule has 1 aromatic heterocycles. The number of piperidine rings is 1. The van der Waals surface area contributed by atoms with Crippen molar-refractivity contribution in [2.45, 2.75) is 31.6 Å². The maximum absolute atomic E-state index is 11.6. The van der Waals surface area contributed by atoms with Crippen LogP contribution in [0, 0.1) is 0 Å². The lowest BCUT2D eigenvalue weighted by molar-refractivity contribution is -0.138. The molecule has 134 valence electrons. The van der Waals surface area contributed by atoms with Gasteiger partial charge in [-0.05, 0) is 61.5 Å². The van der Waals surface area contributed by atoms with Gasteiger partial charge in [0, 0.05) is 11.4 Å². The summed E-state index contributed by atoms with van der Waals surface area (Å²) in [5.41, 5.74) is 0.997. The van der Waals surface area contributed by atoms with Crippen LogP contribution in [0.5, 0.6) is 5.75 Å². The van der Waals surface area contributed by atoms with E-state index in [2.05, 4.69) is 4.90 Å². The largest absolute Gasteiger partial charge is 0.492 e. The normalized spacial score (nSPS) is 16.5. The topological polar surface area (TPSA) is 49.8 Å². The highest BCUT2D eigenvalue weighted by Gasteiger charge is 2.21. The van der Waals surface area contributed by atoms with E-state index in [1.165, 1.54) is 43.7 Å². The Hall–Kier alpha value is -1.85. The maximum atomic E-state index is 11.6. The minimum Gasteiger partial charge on any atom is -0.492 e. The van der Waals surface area contributed by atoms with Crippen LogP contribution in [0.15, 0.2) is 41.8 Å². The van der Waals surface area contributed by atoms with Crippen molar-refractivity contribution in [1.29, 1.82) is 0 Å². The van der Waals surface area contributed by atoms with E-state index in [4.69, 9.17) is 4.74 Å². The molecule has 1 atom stereocenters. The summed E-state index contributed by atoms with van der Waals surface area (Å²) in [5, 5.41) is 11.5. The Morgan fingerprint density at radius 1 is 1.20 bits per heavy atom. The molecule has 0 saturated carbocycles. The number of hydrogen-bond donors (Lipinski definition) is 1. The molecule has 4 nitrogen and oxygen atoms in total. The third-order valence-electron chi connectivity index (χ3n) is 4.65. The van der Waals surface area contributed by atoms with Crippen molar-refractivity contribution in [3.05, 3.63) is 52.2 Å². The van der Waals surface area contributed by atoms with Crippen LogP contribution in [0.4, 0.5) is 0 Å². The lowest BCUT2D eigenvalue weighted by Gasteiger charge is -2.26. The number of likely N-dealkylation sites (tertiary alicyclic amines) is 1. The van der Waals surface area contributed by atoms with Crippen molar-refractivity contribution in [2.24, 2.45) is 0 Å². The molecule has 1 unspecified atom stereocenters. The second kappa shape index (κ2) is 9.02. The van der Waals surface area contributed by atoms with E-state index >= 15 is 0 Å². The van der Waals surface area contributed by atoms with E-state index in [0.717, 1.165) is 22.7 Å². The van der Waals surface area contributed by atoms with E-state index in [-0.39, 0.29) is 0 Å². The van der Waals surface area contributed by atoms with E-state index < -0.39 is 11.9 Å². The van der Waals surface area contributed by atoms with E-state index in [1.54, 1.807) is 0 Å². The number of hydrogen-bond acceptors (Lipinski definition) is 4. The Morgan fingerprint density at radius 3 is 2.76 bits per heavy atom. The van der Waals surface area contributed by atoms with Crippen molar-refractivity contribution in [1.82, 2.24) is 4.90 Å². The molecule has 0 spiro atoms. The number of benzene rings is 1. The zero-order chi connectivity index (χ0) is 17.5. The SMILES string of the molecule is O=C(O)C(Cc1cccc(OCCN2CCCCC2)c1)c1cccs1. The Kier molecular flexibility index (Phi) is 6.48. The first kappa shape index (κ1) is 18.0. The van der Waals surface area contributed by atoms with Crippen molar-refractivity contribution in [3.63, 3.8) is 0 Å². The molecule has 1 saturated heterocycles. The smallest absolute Gasteiger partial charge is 0.312 e. The Labute approximate surface area is 153 Å². The minimum absolute atomic E-state index is 0.485. The molecule has 0 amide bonds. The molecule has 3 rings (SSSR count). The third kappa shape index (κ3) is 5.31. The minimum atomic E-state index is -0.779. The fraction of sp³-hybridized carbons (Fsp3) is 0.450. The molecule has 0 bridgehead atoms. The zero-order valence-electron chi connectivity index (χ0n) is 14.4. The number of rotatable bonds is 8. The quantitative estimate of drug-likeness (QED) is 0.773. The molecule has 2 heterocycles. The molecule has 1 fully saturated rings. The number of carbonyl (C=O) groups is 1. The summed E-state index contributed by atoms with van der Waals surface area (Å²) in [6.07, 6.45) is 4.40. The zero-order valence-corrected chi connectivity index (χ0v) is 15.2. The molecule has 0 aliphatic carbocycles. The fourth-order valence-corrected chi connectivity index (χ4v) is 4.09. The number of carboxylic acids is 1. The van der Waals surface area contributed by atoms with Gasteiger partial charge in [0.25, 0.3) is 0 Å². The van der Waals surface area contributed by atoms with Crippen LogP contribution in [0.2, 0.25) is 0 Å². The van der Waals surface area contributed by atoms with Gasteiger partial charge < -0.3 is 9.84 Å². The number of carboxylic acid groups (broad SMARTS) is 1. The van der Waals surface area contributed by atoms with Crippen LogP contribution in [0.3, 0.4) is 0 Å². The van der Waals surface area contributed by atoms with Gasteiger partial charge in [-0.2, -0.15) is 0 Å². The summed E-state index contributed by atoms with van der Waals surface area (Å²) in [7, 11) is 0. The second-order valence-electron chi connectivity index (χ2n) is 6.51. The van der Waals surface area contributed by atoms with Crippen molar-refractivity contribution < 1.29 is 14.6 Å². The summed E-state index contributed by atoms with van der Waals surface area (Å²) < 4.78 is 5.90. The molecule has 1 aliphatic heterocycles. The number of ether oxygens (including phenoxy) is 1. The molecule has 1 aliphatic rings. The number of nitrogens with zero attached hydrogens (tertiary/aromatic N) is 1. The van der Waals surface area contributed by atoms with Gasteiger partial charge in [-0.1, -0.05) is 24.6 Å². The fourth-order valence-electron chi connectivity index (χ4n) is 3.27. The van der Waals surface area contributed by atoms with Gasteiger partial charge in [0.1, 0.15) is 12.4 Å². The predicted octanol–water partition coefficient (Wildman–Crippen LogP) is 4.02. The van der Waals surface area contributed by atoms with Crippen LogP contribution < -0.4 is 4.74 Å². The van der Waals surface area contributed by atoms with E-state index in [1.807, 2.05) is 41.8 Å². The molecule has 25 heavy (non-hydrogen) atoms. The molecule has 1 N–H and O–H groups in total. The van der Waals surface area contributed by atoms with Crippen LogP contribution in [0.1, 0.15) is 35.6 Å². The predicted molar refractivity (Wildman–Crippen MR) is 101 cm³/mol. The third-order valence-corrected chi connectivity index (χ3v) is 5.63. The van der Waals surface area contributed by atoms with E-state index in [0.29, 0.717) is 13.0 Å². The monoisotopic (exact) mass is 359 g/mol. The molecular weight excluding hydrogens is 334 g/mol. The molecule has 5 heteroatoms. The van der Waals surface area contributed by atoms with Gasteiger partial charge in [0.05, 0.1) is 5.92 Å². The second-order valence-corrected chi connectivity index (χ2v) is 7.49. The van der Waals surface area contributed by atoms with Gasteiger partial charge >= 0.3 is 5.97 Å². The van der Waals surface area contributed by atoms with Crippen molar-refractivity contribution in [3.8, 4) is 5.75 Å². The summed E-state index contributed by atoms with van der Waals surface area (Å²) >= 11 is 1.49. The highest BCUT2D eigenvalue weighted by atomic mass is 32.1. The van der Waals surface area contributed by atoms with E-state index in [9.17, 15) is 9.90 Å². The van der Waals surface area contributed by atoms with Crippen LogP contribution in [-0.4, -0.2) is 42.2 Å². The highest BCUT2D eigenvalue weighted by molar-refractivity contribution is 7.10. The summed E-state index contributed by atoms with van der Waals surface area (Å²) in [5.74, 6) is -0.452. The average molecular weight is 359 g/mol. The summed E-state index contributed by atoms with van der Waals surface area (Å²) in [4.78, 5) is 14.9. The van der Waals surface area contributed by atoms with Gasteiger partial charge in [-0.15, -0.1) is 11.3 Å². The van der Waals surface area contributed by atoms with Gasteiger partial charge in [-0.3, -0.25) is 9.69 Å². The van der Waals surface area contributed by atoms with Gasteiger partial charge in [0.15, 0.2) is 0 Å². The molecule has 0 radical (unpaired) electrons. The Balaban J connectivity index is 1.56. The lowest BCUT2D eigenvalue weighted by atomic mass is 9.98. The Morgan fingerprint density at radius 2 is 2.04 bits per heavy atom. The lowest BCUT2D eigenvalue weighted by Crippen LogP contribution is -2.33. The van der Waals surface area contributed by atoms with Crippen molar-refractivity contribution >= 4 is 17.3 Å². The maximum Gasteiger partial charge on any atom is 0.312 e. The first-order valence-electron chi connectivity index (χ1n) is 8.92.